The fraction of sp³-hybridized carbons (Fsp3) is 0.500. The number of nitrogens with zero attached hydrogens (tertiary/aromatic N) is 1. The zero-order valence-corrected chi connectivity index (χ0v) is 11.4. The standard InChI is InChI=1S/C12H15BrF2N2O/c13-8-1-2-9(14)11(12(8)15)10(7-18)17-5-3-16-4-6-17/h1-2,10,16,18H,3-7H2/t10-/m0/s1. The Balaban J connectivity index is 2.34. The Morgan fingerprint density at radius 3 is 2.61 bits per heavy atom. The van der Waals surface area contributed by atoms with E-state index in [1.54, 1.807) is 0 Å². The molecule has 6 heteroatoms. The maximum atomic E-state index is 14.0. The molecule has 1 saturated heterocycles. The van der Waals surface area contributed by atoms with Crippen molar-refractivity contribution in [3.63, 3.8) is 0 Å². The molecule has 0 aromatic heterocycles. The van der Waals surface area contributed by atoms with Gasteiger partial charge in [-0.15, -0.1) is 0 Å². The molecule has 0 bridgehead atoms. The molecule has 1 fully saturated rings. The predicted molar refractivity (Wildman–Crippen MR) is 68.3 cm³/mol. The maximum absolute atomic E-state index is 14.0. The Hall–Kier alpha value is -0.560. The van der Waals surface area contributed by atoms with E-state index in [1.807, 2.05) is 4.90 Å². The molecule has 1 aromatic rings. The molecule has 0 amide bonds. The Labute approximate surface area is 113 Å². The Morgan fingerprint density at radius 1 is 1.33 bits per heavy atom. The average Bonchev–Trinajstić information content (AvgIpc) is 2.40. The van der Waals surface area contributed by atoms with Crippen molar-refractivity contribution < 1.29 is 13.9 Å². The van der Waals surface area contributed by atoms with Crippen LogP contribution in [0.2, 0.25) is 0 Å². The maximum Gasteiger partial charge on any atom is 0.145 e. The van der Waals surface area contributed by atoms with E-state index in [2.05, 4.69) is 21.2 Å². The monoisotopic (exact) mass is 320 g/mol. The quantitative estimate of drug-likeness (QED) is 0.832. The molecule has 3 nitrogen and oxygen atoms in total. The minimum atomic E-state index is -0.635. The fourth-order valence-electron chi connectivity index (χ4n) is 2.23. The molecule has 1 aliphatic rings. The molecule has 0 saturated carbocycles. The van der Waals surface area contributed by atoms with Crippen molar-refractivity contribution in [2.45, 2.75) is 6.04 Å². The second kappa shape index (κ2) is 6.06. The molecule has 2 N–H and O–H groups in total. The Morgan fingerprint density at radius 2 is 2.00 bits per heavy atom. The first-order valence-corrected chi connectivity index (χ1v) is 6.63. The lowest BCUT2D eigenvalue weighted by atomic mass is 10.0. The largest absolute Gasteiger partial charge is 0.394 e. The Kier molecular flexibility index (Phi) is 4.66. The van der Waals surface area contributed by atoms with Crippen molar-refractivity contribution in [1.82, 2.24) is 10.2 Å². The molecule has 1 atom stereocenters. The van der Waals surface area contributed by atoms with Crippen LogP contribution in [0.15, 0.2) is 16.6 Å². The number of halogens is 3. The van der Waals surface area contributed by atoms with E-state index < -0.39 is 17.7 Å². The summed E-state index contributed by atoms with van der Waals surface area (Å²) in [6.45, 7) is 2.54. The van der Waals surface area contributed by atoms with Gasteiger partial charge in [0, 0.05) is 31.7 Å². The average molecular weight is 321 g/mol. The van der Waals surface area contributed by atoms with Gasteiger partial charge in [-0.1, -0.05) is 0 Å². The van der Waals surface area contributed by atoms with Gasteiger partial charge in [-0.3, -0.25) is 4.90 Å². The van der Waals surface area contributed by atoms with Gasteiger partial charge in [-0.2, -0.15) is 0 Å². The van der Waals surface area contributed by atoms with E-state index in [9.17, 15) is 13.9 Å². The summed E-state index contributed by atoms with van der Waals surface area (Å²) in [4.78, 5) is 1.89. The van der Waals surface area contributed by atoms with Crippen molar-refractivity contribution >= 4 is 15.9 Å². The van der Waals surface area contributed by atoms with Gasteiger partial charge in [0.1, 0.15) is 11.6 Å². The lowest BCUT2D eigenvalue weighted by molar-refractivity contribution is 0.105. The van der Waals surface area contributed by atoms with Gasteiger partial charge in [0.15, 0.2) is 0 Å². The highest BCUT2D eigenvalue weighted by atomic mass is 79.9. The van der Waals surface area contributed by atoms with Crippen LogP contribution in [0.1, 0.15) is 11.6 Å². The second-order valence-corrected chi connectivity index (χ2v) is 5.10. The third-order valence-corrected chi connectivity index (χ3v) is 3.79. The van der Waals surface area contributed by atoms with E-state index in [4.69, 9.17) is 0 Å². The van der Waals surface area contributed by atoms with Crippen molar-refractivity contribution in [2.24, 2.45) is 0 Å². The van der Waals surface area contributed by atoms with E-state index in [-0.39, 0.29) is 16.6 Å². The third kappa shape index (κ3) is 2.71. The number of benzene rings is 1. The second-order valence-electron chi connectivity index (χ2n) is 4.24. The highest BCUT2D eigenvalue weighted by molar-refractivity contribution is 9.10. The van der Waals surface area contributed by atoms with Crippen molar-refractivity contribution in [2.75, 3.05) is 32.8 Å². The molecule has 0 unspecified atom stereocenters. The van der Waals surface area contributed by atoms with E-state index in [0.29, 0.717) is 13.1 Å². The number of nitrogens with one attached hydrogen (secondary N) is 1. The van der Waals surface area contributed by atoms with E-state index >= 15 is 0 Å². The first kappa shape index (κ1) is 13.9. The molecule has 18 heavy (non-hydrogen) atoms. The number of rotatable bonds is 3. The molecule has 1 aliphatic heterocycles. The van der Waals surface area contributed by atoms with Gasteiger partial charge in [0.25, 0.3) is 0 Å². The molecule has 1 heterocycles. The zero-order valence-electron chi connectivity index (χ0n) is 9.80. The van der Waals surface area contributed by atoms with Gasteiger partial charge < -0.3 is 10.4 Å². The summed E-state index contributed by atoms with van der Waals surface area (Å²) in [5, 5.41) is 12.6. The molecule has 100 valence electrons. The van der Waals surface area contributed by atoms with Crippen LogP contribution >= 0.6 is 15.9 Å². The van der Waals surface area contributed by atoms with Crippen LogP contribution in [0.25, 0.3) is 0 Å². The van der Waals surface area contributed by atoms with Gasteiger partial charge in [-0.05, 0) is 28.1 Å². The SMILES string of the molecule is OC[C@@H](c1c(F)ccc(Br)c1F)N1CCNCC1. The first-order chi connectivity index (χ1) is 8.65. The van der Waals surface area contributed by atoms with Crippen LogP contribution in [-0.4, -0.2) is 42.8 Å². The minimum Gasteiger partial charge on any atom is -0.394 e. The summed E-state index contributed by atoms with van der Waals surface area (Å²) >= 11 is 3.05. The van der Waals surface area contributed by atoms with Crippen molar-refractivity contribution in [3.8, 4) is 0 Å². The van der Waals surface area contributed by atoms with Crippen molar-refractivity contribution in [3.05, 3.63) is 33.8 Å². The molecule has 2 rings (SSSR count). The Bertz CT molecular complexity index is 425. The van der Waals surface area contributed by atoms with Crippen LogP contribution in [0.3, 0.4) is 0 Å². The van der Waals surface area contributed by atoms with Crippen LogP contribution < -0.4 is 5.32 Å². The summed E-state index contributed by atoms with van der Waals surface area (Å²) in [6, 6.07) is 1.91. The highest BCUT2D eigenvalue weighted by Gasteiger charge is 2.27. The van der Waals surface area contributed by atoms with Crippen LogP contribution in [-0.2, 0) is 0 Å². The number of aliphatic hydroxyl groups excluding tert-OH is 1. The zero-order chi connectivity index (χ0) is 13.1. The molecule has 0 radical (unpaired) electrons. The number of hydrogen-bond acceptors (Lipinski definition) is 3. The molecular weight excluding hydrogens is 306 g/mol. The van der Waals surface area contributed by atoms with E-state index in [1.165, 1.54) is 12.1 Å². The highest BCUT2D eigenvalue weighted by Crippen LogP contribution is 2.30. The first-order valence-electron chi connectivity index (χ1n) is 5.84. The summed E-state index contributed by atoms with van der Waals surface area (Å²) in [5.74, 6) is -1.25. The number of aliphatic hydroxyl groups is 1. The molecule has 1 aromatic carbocycles. The molecule has 0 spiro atoms. The lowest BCUT2D eigenvalue weighted by Crippen LogP contribution is -2.46. The van der Waals surface area contributed by atoms with Crippen molar-refractivity contribution in [1.29, 1.82) is 0 Å². The van der Waals surface area contributed by atoms with Gasteiger partial charge in [0.2, 0.25) is 0 Å². The smallest absolute Gasteiger partial charge is 0.145 e. The van der Waals surface area contributed by atoms with E-state index in [0.717, 1.165) is 13.1 Å². The lowest BCUT2D eigenvalue weighted by Gasteiger charge is -2.34. The van der Waals surface area contributed by atoms with Crippen LogP contribution in [0.4, 0.5) is 8.78 Å². The number of piperazine rings is 1. The summed E-state index contributed by atoms with van der Waals surface area (Å²) in [5.41, 5.74) is -0.0613. The van der Waals surface area contributed by atoms with Gasteiger partial charge >= 0.3 is 0 Å². The van der Waals surface area contributed by atoms with Gasteiger partial charge in [-0.25, -0.2) is 8.78 Å². The fourth-order valence-corrected chi connectivity index (χ4v) is 2.58. The molecule has 0 aliphatic carbocycles. The topological polar surface area (TPSA) is 35.5 Å². The third-order valence-electron chi connectivity index (χ3n) is 3.18. The van der Waals surface area contributed by atoms with Crippen LogP contribution in [0.5, 0.6) is 0 Å². The summed E-state index contributed by atoms with van der Waals surface area (Å²) in [6.07, 6.45) is 0. The number of hydrogen-bond donors (Lipinski definition) is 2. The minimum absolute atomic E-state index is 0.0613. The summed E-state index contributed by atoms with van der Waals surface area (Å²) in [7, 11) is 0. The molecular formula is C12H15BrF2N2O. The van der Waals surface area contributed by atoms with Gasteiger partial charge in [0.05, 0.1) is 17.1 Å². The normalized spacial score (nSPS) is 18.9. The summed E-state index contributed by atoms with van der Waals surface area (Å²) < 4.78 is 28.0. The van der Waals surface area contributed by atoms with Crippen LogP contribution in [0, 0.1) is 11.6 Å². The predicted octanol–water partition coefficient (Wildman–Crippen LogP) is 1.67.